The predicted octanol–water partition coefficient (Wildman–Crippen LogP) is 2.15. The quantitative estimate of drug-likeness (QED) is 0.821. The molecule has 0 aromatic carbocycles. The highest BCUT2D eigenvalue weighted by Crippen LogP contribution is 2.27. The van der Waals surface area contributed by atoms with Gasteiger partial charge in [0.05, 0.1) is 11.8 Å². The van der Waals surface area contributed by atoms with Gasteiger partial charge in [-0.2, -0.15) is 5.26 Å². The highest BCUT2D eigenvalue weighted by atomic mass is 16.3. The molecule has 1 radical (unpaired) electrons. The first-order chi connectivity index (χ1) is 8.67. The minimum absolute atomic E-state index is 0.232. The van der Waals surface area contributed by atoms with E-state index in [-0.39, 0.29) is 11.7 Å². The summed E-state index contributed by atoms with van der Waals surface area (Å²) >= 11 is 0. The second kappa shape index (κ2) is 4.97. The van der Waals surface area contributed by atoms with E-state index >= 15 is 0 Å². The number of nitrogens with one attached hydrogen (secondary N) is 1. The highest BCUT2D eigenvalue weighted by molar-refractivity contribution is 6.56. The second-order valence-corrected chi connectivity index (χ2v) is 3.99. The molecule has 1 aromatic heterocycles. The summed E-state index contributed by atoms with van der Waals surface area (Å²) in [6, 6.07) is 5.37. The molecule has 1 aliphatic heterocycles. The SMILES string of the molecule is CCC1=C(C)[B]C(NC(=O)c2ccco2)=C1C#N. The van der Waals surface area contributed by atoms with Crippen molar-refractivity contribution in [3.05, 3.63) is 46.4 Å². The maximum atomic E-state index is 11.8. The zero-order valence-electron chi connectivity index (χ0n) is 10.3. The van der Waals surface area contributed by atoms with Gasteiger partial charge in [-0.25, -0.2) is 0 Å². The van der Waals surface area contributed by atoms with Crippen LogP contribution in [-0.2, 0) is 0 Å². The Morgan fingerprint density at radius 3 is 2.94 bits per heavy atom. The molecule has 18 heavy (non-hydrogen) atoms. The molecule has 1 amide bonds. The predicted molar refractivity (Wildman–Crippen MR) is 67.6 cm³/mol. The molecule has 0 bridgehead atoms. The Bertz CT molecular complexity index is 577. The fourth-order valence-electron chi connectivity index (χ4n) is 2.01. The molecule has 0 aliphatic carbocycles. The Hall–Kier alpha value is -2.22. The van der Waals surface area contributed by atoms with Crippen LogP contribution in [0.25, 0.3) is 0 Å². The Labute approximate surface area is 106 Å². The van der Waals surface area contributed by atoms with E-state index in [9.17, 15) is 4.79 Å². The average molecular weight is 239 g/mol. The van der Waals surface area contributed by atoms with E-state index in [0.717, 1.165) is 17.5 Å². The first-order valence-electron chi connectivity index (χ1n) is 5.71. The van der Waals surface area contributed by atoms with Crippen LogP contribution in [0.15, 0.2) is 45.0 Å². The van der Waals surface area contributed by atoms with Crippen LogP contribution in [0, 0.1) is 11.3 Å². The molecule has 0 saturated carbocycles. The summed E-state index contributed by atoms with van der Waals surface area (Å²) < 4.78 is 5.01. The van der Waals surface area contributed by atoms with Crippen LogP contribution in [0.4, 0.5) is 0 Å². The summed E-state index contributed by atoms with van der Waals surface area (Å²) in [5, 5.41) is 11.9. The van der Waals surface area contributed by atoms with Crippen molar-refractivity contribution in [1.29, 1.82) is 5.26 Å². The lowest BCUT2D eigenvalue weighted by Gasteiger charge is -2.05. The van der Waals surface area contributed by atoms with E-state index in [1.54, 1.807) is 12.1 Å². The molecule has 4 nitrogen and oxygen atoms in total. The molecular weight excluding hydrogens is 227 g/mol. The van der Waals surface area contributed by atoms with Crippen molar-refractivity contribution in [2.24, 2.45) is 0 Å². The van der Waals surface area contributed by atoms with Crippen LogP contribution in [0.2, 0.25) is 0 Å². The monoisotopic (exact) mass is 239 g/mol. The van der Waals surface area contributed by atoms with Gasteiger partial charge in [0.15, 0.2) is 5.76 Å². The molecule has 5 heteroatoms. The van der Waals surface area contributed by atoms with E-state index in [4.69, 9.17) is 9.68 Å². The number of nitriles is 1. The van der Waals surface area contributed by atoms with Gasteiger partial charge in [-0.05, 0) is 29.7 Å². The van der Waals surface area contributed by atoms with Crippen LogP contribution >= 0.6 is 0 Å². The van der Waals surface area contributed by atoms with Crippen molar-refractivity contribution < 1.29 is 9.21 Å². The standard InChI is InChI=1S/C13H12BN2O2/c1-3-9-8(2)14-12(10(9)7-15)16-13(17)11-5-4-6-18-11/h4-6H,3H2,1-2H3,(H,16,17). The smallest absolute Gasteiger partial charge is 0.290 e. The number of rotatable bonds is 3. The first kappa shape index (κ1) is 12.2. The summed E-state index contributed by atoms with van der Waals surface area (Å²) in [5.74, 6) is -0.111. The normalized spacial score (nSPS) is 14.5. The maximum Gasteiger partial charge on any atom is 0.290 e. The van der Waals surface area contributed by atoms with Crippen LogP contribution in [0.1, 0.15) is 30.8 Å². The number of nitrogens with zero attached hydrogens (tertiary/aromatic N) is 1. The first-order valence-corrected chi connectivity index (χ1v) is 5.71. The molecule has 0 fully saturated rings. The minimum Gasteiger partial charge on any atom is -0.459 e. The Morgan fingerprint density at radius 1 is 1.61 bits per heavy atom. The van der Waals surface area contributed by atoms with Crippen molar-refractivity contribution in [3.63, 3.8) is 0 Å². The van der Waals surface area contributed by atoms with Crippen molar-refractivity contribution in [1.82, 2.24) is 5.32 Å². The number of allylic oxidation sites excluding steroid dienone is 3. The summed E-state index contributed by atoms with van der Waals surface area (Å²) in [7, 11) is 1.82. The summed E-state index contributed by atoms with van der Waals surface area (Å²) in [5.41, 5.74) is 3.08. The molecule has 0 spiro atoms. The molecule has 89 valence electrons. The molecule has 2 rings (SSSR count). The zero-order chi connectivity index (χ0) is 13.1. The van der Waals surface area contributed by atoms with E-state index < -0.39 is 0 Å². The van der Waals surface area contributed by atoms with Gasteiger partial charge in [-0.3, -0.25) is 4.79 Å². The summed E-state index contributed by atoms with van der Waals surface area (Å²) in [6.45, 7) is 3.92. The third kappa shape index (κ3) is 2.10. The number of furan rings is 1. The van der Waals surface area contributed by atoms with Crippen molar-refractivity contribution in [2.45, 2.75) is 20.3 Å². The topological polar surface area (TPSA) is 66.0 Å². The largest absolute Gasteiger partial charge is 0.459 e. The van der Waals surface area contributed by atoms with Crippen LogP contribution in [0.5, 0.6) is 0 Å². The van der Waals surface area contributed by atoms with E-state index in [0.29, 0.717) is 11.2 Å². The van der Waals surface area contributed by atoms with Crippen molar-refractivity contribution in [2.75, 3.05) is 0 Å². The molecule has 0 atom stereocenters. The van der Waals surface area contributed by atoms with E-state index in [1.165, 1.54) is 6.26 Å². The Morgan fingerprint density at radius 2 is 2.39 bits per heavy atom. The average Bonchev–Trinajstić information content (AvgIpc) is 2.96. The molecule has 1 aliphatic rings. The van der Waals surface area contributed by atoms with Crippen LogP contribution in [0.3, 0.4) is 0 Å². The van der Waals surface area contributed by atoms with Gasteiger partial charge in [0.25, 0.3) is 5.91 Å². The van der Waals surface area contributed by atoms with Crippen molar-refractivity contribution >= 4 is 13.2 Å². The third-order valence-corrected chi connectivity index (χ3v) is 2.87. The fraction of sp³-hybridized carbons (Fsp3) is 0.231. The molecule has 1 aromatic rings. The maximum absolute atomic E-state index is 11.8. The number of amides is 1. The van der Waals surface area contributed by atoms with Gasteiger partial charge >= 0.3 is 0 Å². The molecular formula is C13H12BN2O2. The molecule has 1 N–H and O–H groups in total. The van der Waals surface area contributed by atoms with Gasteiger partial charge in [-0.15, -0.1) is 0 Å². The minimum atomic E-state index is -0.343. The van der Waals surface area contributed by atoms with Gasteiger partial charge in [0.2, 0.25) is 7.28 Å². The van der Waals surface area contributed by atoms with Crippen LogP contribution < -0.4 is 5.32 Å². The van der Waals surface area contributed by atoms with E-state index in [2.05, 4.69) is 11.4 Å². The highest BCUT2D eigenvalue weighted by Gasteiger charge is 2.24. The Balaban J connectivity index is 2.21. The second-order valence-electron chi connectivity index (χ2n) is 3.99. The van der Waals surface area contributed by atoms with Crippen LogP contribution in [-0.4, -0.2) is 13.2 Å². The number of carbonyl (C=O) groups excluding carboxylic acids is 1. The Kier molecular flexibility index (Phi) is 3.38. The van der Waals surface area contributed by atoms with Gasteiger partial charge in [-0.1, -0.05) is 19.3 Å². The summed E-state index contributed by atoms with van der Waals surface area (Å²) in [4.78, 5) is 11.8. The summed E-state index contributed by atoms with van der Waals surface area (Å²) in [6.07, 6.45) is 2.21. The van der Waals surface area contributed by atoms with E-state index in [1.807, 2.05) is 21.1 Å². The number of hydrogen-bond donors (Lipinski definition) is 1. The fourth-order valence-corrected chi connectivity index (χ4v) is 2.01. The van der Waals surface area contributed by atoms with Crippen molar-refractivity contribution in [3.8, 4) is 6.07 Å². The lowest BCUT2D eigenvalue weighted by atomic mass is 9.69. The third-order valence-electron chi connectivity index (χ3n) is 2.87. The number of hydrogen-bond acceptors (Lipinski definition) is 3. The lowest BCUT2D eigenvalue weighted by molar-refractivity contribution is 0.0941. The molecule has 0 unspecified atom stereocenters. The number of carbonyl (C=O) groups is 1. The van der Waals surface area contributed by atoms with Gasteiger partial charge < -0.3 is 9.73 Å². The van der Waals surface area contributed by atoms with Gasteiger partial charge in [0, 0.05) is 0 Å². The van der Waals surface area contributed by atoms with Gasteiger partial charge in [0.1, 0.15) is 6.07 Å². The molecule has 2 heterocycles. The molecule has 0 saturated heterocycles. The lowest BCUT2D eigenvalue weighted by Crippen LogP contribution is -2.25. The zero-order valence-corrected chi connectivity index (χ0v) is 10.3.